The summed E-state index contributed by atoms with van der Waals surface area (Å²) in [7, 11) is 1.91. The van der Waals surface area contributed by atoms with Crippen LogP contribution in [0.1, 0.15) is 42.2 Å². The van der Waals surface area contributed by atoms with Crippen molar-refractivity contribution in [3.05, 3.63) is 41.2 Å². The Morgan fingerprint density at radius 3 is 2.53 bits per heavy atom. The molecule has 1 aromatic carbocycles. The van der Waals surface area contributed by atoms with Gasteiger partial charge in [-0.3, -0.25) is 9.69 Å². The first-order chi connectivity index (χ1) is 16.3. The predicted octanol–water partition coefficient (Wildman–Crippen LogP) is 4.08. The molecule has 10 heteroatoms. The van der Waals surface area contributed by atoms with Crippen molar-refractivity contribution in [1.82, 2.24) is 15.0 Å². The van der Waals surface area contributed by atoms with E-state index in [-0.39, 0.29) is 18.1 Å². The first-order valence-electron chi connectivity index (χ1n) is 11.5. The summed E-state index contributed by atoms with van der Waals surface area (Å²) in [6.45, 7) is 7.58. The summed E-state index contributed by atoms with van der Waals surface area (Å²) in [6.07, 6.45) is 3.11. The van der Waals surface area contributed by atoms with Crippen molar-refractivity contribution in [3.63, 3.8) is 0 Å². The Hall–Kier alpha value is -3.24. The zero-order valence-electron chi connectivity index (χ0n) is 19.8. The van der Waals surface area contributed by atoms with Crippen molar-refractivity contribution in [2.24, 2.45) is 0 Å². The summed E-state index contributed by atoms with van der Waals surface area (Å²) >= 11 is 1.48. The number of aromatic nitrogens is 3. The van der Waals surface area contributed by atoms with Crippen LogP contribution in [0.25, 0.3) is 0 Å². The van der Waals surface area contributed by atoms with Crippen LogP contribution < -0.4 is 20.0 Å². The first-order valence-corrected chi connectivity index (χ1v) is 12.4. The van der Waals surface area contributed by atoms with Crippen molar-refractivity contribution in [1.29, 1.82) is 0 Å². The molecule has 0 aliphatic carbocycles. The Bertz CT molecular complexity index is 1200. The standard InChI is InChI=1S/C24H29N7O2S/c1-14(2)31-19-13-25-24(28-21(19)29(4)23-20(22(31)33)26-15(3)34-23)27-16-5-7-17(8-6-16)30-11-9-18(32)10-12-30/h5-8,13-14,18,32H,9-12H2,1-4H3,(H,25,27,28). The second-order valence-corrected chi connectivity index (χ2v) is 10.2. The third-order valence-corrected chi connectivity index (χ3v) is 7.29. The lowest BCUT2D eigenvalue weighted by atomic mass is 10.1. The molecule has 1 fully saturated rings. The number of aliphatic hydroxyl groups excluding tert-OH is 1. The van der Waals surface area contributed by atoms with Gasteiger partial charge in [0.25, 0.3) is 5.91 Å². The molecule has 0 saturated carbocycles. The molecule has 34 heavy (non-hydrogen) atoms. The molecule has 2 N–H and O–H groups in total. The van der Waals surface area contributed by atoms with Crippen LogP contribution >= 0.6 is 11.3 Å². The topological polar surface area (TPSA) is 97.7 Å². The molecule has 5 rings (SSSR count). The van der Waals surface area contributed by atoms with E-state index in [0.717, 1.165) is 47.3 Å². The summed E-state index contributed by atoms with van der Waals surface area (Å²) < 4.78 is 0. The molecule has 2 aliphatic heterocycles. The highest BCUT2D eigenvalue weighted by Gasteiger charge is 2.35. The second-order valence-electron chi connectivity index (χ2n) is 9.01. The van der Waals surface area contributed by atoms with Gasteiger partial charge < -0.3 is 20.2 Å². The second kappa shape index (κ2) is 8.84. The number of hydrogen-bond donors (Lipinski definition) is 2. The summed E-state index contributed by atoms with van der Waals surface area (Å²) in [5.41, 5.74) is 3.13. The van der Waals surface area contributed by atoms with E-state index in [1.807, 2.05) is 44.9 Å². The lowest BCUT2D eigenvalue weighted by Gasteiger charge is -2.31. The Labute approximate surface area is 203 Å². The van der Waals surface area contributed by atoms with Crippen LogP contribution in [0, 0.1) is 6.92 Å². The van der Waals surface area contributed by atoms with Crippen LogP contribution in [0.3, 0.4) is 0 Å². The third kappa shape index (κ3) is 4.07. The van der Waals surface area contributed by atoms with Crippen LogP contribution in [0.2, 0.25) is 0 Å². The molecular weight excluding hydrogens is 450 g/mol. The fourth-order valence-electron chi connectivity index (χ4n) is 4.47. The summed E-state index contributed by atoms with van der Waals surface area (Å²) in [5, 5.41) is 14.7. The van der Waals surface area contributed by atoms with Crippen LogP contribution in [0.4, 0.5) is 33.8 Å². The number of nitrogens with zero attached hydrogens (tertiary/aromatic N) is 6. The van der Waals surface area contributed by atoms with E-state index in [1.165, 1.54) is 11.3 Å². The molecule has 0 atom stereocenters. The number of anilines is 6. The van der Waals surface area contributed by atoms with Crippen molar-refractivity contribution in [2.75, 3.05) is 40.2 Å². The molecule has 3 aromatic rings. The van der Waals surface area contributed by atoms with Gasteiger partial charge in [-0.05, 0) is 57.9 Å². The van der Waals surface area contributed by atoms with Crippen molar-refractivity contribution >= 4 is 51.1 Å². The van der Waals surface area contributed by atoms with Crippen molar-refractivity contribution in [3.8, 4) is 0 Å². The number of thiazole rings is 1. The van der Waals surface area contributed by atoms with Gasteiger partial charge in [0.15, 0.2) is 11.5 Å². The molecule has 178 valence electrons. The van der Waals surface area contributed by atoms with Gasteiger partial charge in [0, 0.05) is 37.6 Å². The number of piperidine rings is 1. The van der Waals surface area contributed by atoms with Gasteiger partial charge in [-0.1, -0.05) is 0 Å². The maximum absolute atomic E-state index is 13.3. The quantitative estimate of drug-likeness (QED) is 0.578. The molecule has 0 bridgehead atoms. The van der Waals surface area contributed by atoms with Gasteiger partial charge in [-0.15, -0.1) is 11.3 Å². The van der Waals surface area contributed by atoms with E-state index in [0.29, 0.717) is 23.1 Å². The van der Waals surface area contributed by atoms with Gasteiger partial charge >= 0.3 is 0 Å². The van der Waals surface area contributed by atoms with Crippen molar-refractivity contribution < 1.29 is 9.90 Å². The largest absolute Gasteiger partial charge is 0.393 e. The lowest BCUT2D eigenvalue weighted by Crippen LogP contribution is -2.37. The number of carbonyl (C=O) groups excluding carboxylic acids is 1. The maximum Gasteiger partial charge on any atom is 0.280 e. The molecule has 2 aliphatic rings. The van der Waals surface area contributed by atoms with E-state index in [4.69, 9.17) is 4.98 Å². The summed E-state index contributed by atoms with van der Waals surface area (Å²) in [4.78, 5) is 33.1. The van der Waals surface area contributed by atoms with Gasteiger partial charge in [0.1, 0.15) is 10.7 Å². The number of nitrogens with one attached hydrogen (secondary N) is 1. The van der Waals surface area contributed by atoms with Gasteiger partial charge in [0.2, 0.25) is 5.95 Å². The Balaban J connectivity index is 1.43. The average Bonchev–Trinajstić information content (AvgIpc) is 3.19. The van der Waals surface area contributed by atoms with Crippen LogP contribution in [0.5, 0.6) is 0 Å². The SMILES string of the molecule is Cc1nc2c(s1)N(C)c1nc(Nc3ccc(N4CCC(O)CC4)cc3)ncc1N(C(C)C)C2=O. The maximum atomic E-state index is 13.3. The summed E-state index contributed by atoms with van der Waals surface area (Å²) in [5.74, 6) is 0.982. The Morgan fingerprint density at radius 1 is 1.15 bits per heavy atom. The Kier molecular flexibility index (Phi) is 5.86. The monoisotopic (exact) mass is 479 g/mol. The zero-order valence-corrected chi connectivity index (χ0v) is 20.6. The molecule has 9 nitrogen and oxygen atoms in total. The molecule has 0 unspecified atom stereocenters. The highest BCUT2D eigenvalue weighted by molar-refractivity contribution is 7.16. The number of aliphatic hydroxyl groups is 1. The smallest absolute Gasteiger partial charge is 0.280 e. The highest BCUT2D eigenvalue weighted by Crippen LogP contribution is 2.42. The zero-order chi connectivity index (χ0) is 24.0. The average molecular weight is 480 g/mol. The number of fused-ring (bicyclic) bond motifs is 2. The predicted molar refractivity (Wildman–Crippen MR) is 136 cm³/mol. The molecule has 0 spiro atoms. The van der Waals surface area contributed by atoms with E-state index < -0.39 is 0 Å². The Morgan fingerprint density at radius 2 is 1.85 bits per heavy atom. The number of benzene rings is 1. The minimum atomic E-state index is -0.187. The molecule has 4 heterocycles. The molecule has 1 amide bonds. The normalized spacial score (nSPS) is 16.5. The third-order valence-electron chi connectivity index (χ3n) is 6.24. The van der Waals surface area contributed by atoms with Gasteiger partial charge in [-0.2, -0.15) is 4.98 Å². The van der Waals surface area contributed by atoms with E-state index in [1.54, 1.807) is 11.1 Å². The van der Waals surface area contributed by atoms with Crippen LogP contribution in [-0.4, -0.2) is 58.2 Å². The number of hydrogen-bond acceptors (Lipinski definition) is 9. The van der Waals surface area contributed by atoms with Crippen molar-refractivity contribution in [2.45, 2.75) is 45.8 Å². The van der Waals surface area contributed by atoms with Gasteiger partial charge in [-0.25, -0.2) is 9.97 Å². The summed E-state index contributed by atoms with van der Waals surface area (Å²) in [6, 6.07) is 8.09. The lowest BCUT2D eigenvalue weighted by molar-refractivity contribution is 0.0977. The minimum Gasteiger partial charge on any atom is -0.393 e. The van der Waals surface area contributed by atoms with E-state index >= 15 is 0 Å². The number of carbonyl (C=O) groups is 1. The fraction of sp³-hybridized carbons (Fsp3) is 0.417. The highest BCUT2D eigenvalue weighted by atomic mass is 32.1. The molecular formula is C24H29N7O2S. The minimum absolute atomic E-state index is 0.0709. The number of rotatable bonds is 4. The molecule has 1 saturated heterocycles. The number of aryl methyl sites for hydroxylation is 1. The molecule has 2 aromatic heterocycles. The number of amides is 1. The van der Waals surface area contributed by atoms with Crippen LogP contribution in [-0.2, 0) is 0 Å². The fourth-order valence-corrected chi connectivity index (χ4v) is 5.34. The molecule has 0 radical (unpaired) electrons. The van der Waals surface area contributed by atoms with E-state index in [9.17, 15) is 9.90 Å². The van der Waals surface area contributed by atoms with Gasteiger partial charge in [0.05, 0.1) is 17.3 Å². The van der Waals surface area contributed by atoms with E-state index in [2.05, 4.69) is 32.3 Å². The first kappa shape index (κ1) is 22.5. The van der Waals surface area contributed by atoms with Crippen LogP contribution in [0.15, 0.2) is 30.5 Å².